The summed E-state index contributed by atoms with van der Waals surface area (Å²) in [5, 5.41) is 11.4. The van der Waals surface area contributed by atoms with Crippen LogP contribution in [0.3, 0.4) is 0 Å². The van der Waals surface area contributed by atoms with Crippen molar-refractivity contribution < 1.29 is 5.11 Å². The predicted molar refractivity (Wildman–Crippen MR) is 79.2 cm³/mol. The first-order valence-electron chi connectivity index (χ1n) is 8.08. The number of aliphatic hydroxyl groups is 1. The fraction of sp³-hybridized carbons (Fsp3) is 0.667. The summed E-state index contributed by atoms with van der Waals surface area (Å²) in [5.74, 6) is 0.900. The van der Waals surface area contributed by atoms with Crippen LogP contribution in [0.4, 0.5) is 0 Å². The second-order valence-electron chi connectivity index (χ2n) is 6.54. The zero-order valence-corrected chi connectivity index (χ0v) is 11.9. The topological polar surface area (TPSA) is 20.2 Å². The molecule has 19 heavy (non-hydrogen) atoms. The minimum absolute atomic E-state index is 0.366. The highest BCUT2D eigenvalue weighted by molar-refractivity contribution is 5.24. The summed E-state index contributed by atoms with van der Waals surface area (Å²) in [7, 11) is 0. The van der Waals surface area contributed by atoms with Gasteiger partial charge in [-0.25, -0.2) is 0 Å². The van der Waals surface area contributed by atoms with Crippen molar-refractivity contribution in [1.82, 2.24) is 0 Å². The van der Waals surface area contributed by atoms with Gasteiger partial charge in [0.1, 0.15) is 0 Å². The molecular formula is C18H26O. The normalized spacial score (nSPS) is 33.2. The molecule has 0 bridgehead atoms. The first kappa shape index (κ1) is 13.2. The summed E-state index contributed by atoms with van der Waals surface area (Å²) in [6.45, 7) is 0. The third-order valence-corrected chi connectivity index (χ3v) is 5.44. The molecule has 2 saturated carbocycles. The van der Waals surface area contributed by atoms with E-state index in [-0.39, 0.29) is 0 Å². The lowest BCUT2D eigenvalue weighted by Gasteiger charge is -2.47. The van der Waals surface area contributed by atoms with E-state index in [0.717, 1.165) is 12.8 Å². The van der Waals surface area contributed by atoms with E-state index in [0.29, 0.717) is 11.8 Å². The molecule has 0 spiro atoms. The van der Waals surface area contributed by atoms with E-state index in [4.69, 9.17) is 0 Å². The van der Waals surface area contributed by atoms with E-state index >= 15 is 0 Å². The van der Waals surface area contributed by atoms with Gasteiger partial charge in [0.05, 0.1) is 5.60 Å². The molecular weight excluding hydrogens is 232 g/mol. The van der Waals surface area contributed by atoms with Crippen molar-refractivity contribution >= 4 is 0 Å². The number of rotatable bonds is 2. The summed E-state index contributed by atoms with van der Waals surface area (Å²) >= 11 is 0. The summed E-state index contributed by atoms with van der Waals surface area (Å²) in [5.41, 5.74) is 0.926. The van der Waals surface area contributed by atoms with Crippen LogP contribution in [-0.4, -0.2) is 10.7 Å². The average molecular weight is 258 g/mol. The van der Waals surface area contributed by atoms with Crippen molar-refractivity contribution in [2.75, 3.05) is 0 Å². The van der Waals surface area contributed by atoms with Gasteiger partial charge in [-0.15, -0.1) is 0 Å². The Labute approximate surface area is 117 Å². The predicted octanol–water partition coefficient (Wildman–Crippen LogP) is 4.66. The van der Waals surface area contributed by atoms with Crippen molar-refractivity contribution in [3.8, 4) is 0 Å². The molecule has 2 aliphatic carbocycles. The first-order chi connectivity index (χ1) is 9.31. The lowest BCUT2D eigenvalue weighted by Crippen LogP contribution is -2.46. The Hall–Kier alpha value is -0.820. The van der Waals surface area contributed by atoms with Gasteiger partial charge in [-0.1, -0.05) is 62.4 Å². The third-order valence-electron chi connectivity index (χ3n) is 5.44. The largest absolute Gasteiger partial charge is 0.389 e. The van der Waals surface area contributed by atoms with Crippen LogP contribution in [0.15, 0.2) is 30.3 Å². The first-order valence-corrected chi connectivity index (χ1v) is 8.08. The van der Waals surface area contributed by atoms with Crippen LogP contribution in [0.25, 0.3) is 0 Å². The van der Waals surface area contributed by atoms with Crippen LogP contribution in [0, 0.1) is 5.92 Å². The van der Waals surface area contributed by atoms with Crippen molar-refractivity contribution in [2.45, 2.75) is 69.3 Å². The molecule has 104 valence electrons. The molecule has 1 heteroatoms. The summed E-state index contributed by atoms with van der Waals surface area (Å²) in [6, 6.07) is 10.7. The average Bonchev–Trinajstić information content (AvgIpc) is 2.49. The second kappa shape index (κ2) is 5.66. The number of hydrogen-bond acceptors (Lipinski definition) is 1. The number of benzene rings is 1. The summed E-state index contributed by atoms with van der Waals surface area (Å²) in [4.78, 5) is 0. The molecule has 1 aromatic carbocycles. The van der Waals surface area contributed by atoms with Crippen molar-refractivity contribution in [1.29, 1.82) is 0 Å². The Bertz CT molecular complexity index is 393. The van der Waals surface area contributed by atoms with Gasteiger partial charge in [0, 0.05) is 5.92 Å². The van der Waals surface area contributed by atoms with Crippen molar-refractivity contribution in [3.63, 3.8) is 0 Å². The van der Waals surface area contributed by atoms with Crippen LogP contribution in [0.2, 0.25) is 0 Å². The molecule has 0 amide bonds. The van der Waals surface area contributed by atoms with E-state index in [1.165, 1.54) is 50.5 Å². The fourth-order valence-corrected chi connectivity index (χ4v) is 4.41. The van der Waals surface area contributed by atoms with Gasteiger partial charge in [-0.2, -0.15) is 0 Å². The van der Waals surface area contributed by atoms with E-state index < -0.39 is 5.60 Å². The molecule has 2 fully saturated rings. The van der Waals surface area contributed by atoms with Crippen LogP contribution in [0.1, 0.15) is 69.3 Å². The van der Waals surface area contributed by atoms with Gasteiger partial charge in [0.25, 0.3) is 0 Å². The molecule has 1 nitrogen and oxygen atoms in total. The molecule has 1 N–H and O–H groups in total. The van der Waals surface area contributed by atoms with Gasteiger partial charge >= 0.3 is 0 Å². The maximum absolute atomic E-state index is 11.4. The van der Waals surface area contributed by atoms with Crippen molar-refractivity contribution in [2.24, 2.45) is 5.92 Å². The van der Waals surface area contributed by atoms with Gasteiger partial charge in [-0.05, 0) is 37.2 Å². The highest BCUT2D eigenvalue weighted by atomic mass is 16.3. The molecule has 0 heterocycles. The zero-order chi connectivity index (χ0) is 13.1. The monoisotopic (exact) mass is 258 g/mol. The maximum atomic E-state index is 11.4. The Kier molecular flexibility index (Phi) is 3.93. The zero-order valence-electron chi connectivity index (χ0n) is 11.9. The maximum Gasteiger partial charge on any atom is 0.0743 e. The third kappa shape index (κ3) is 2.58. The van der Waals surface area contributed by atoms with Gasteiger partial charge in [0.2, 0.25) is 0 Å². The molecule has 0 radical (unpaired) electrons. The minimum atomic E-state index is -0.431. The second-order valence-corrected chi connectivity index (χ2v) is 6.54. The van der Waals surface area contributed by atoms with E-state index in [9.17, 15) is 5.11 Å². The Morgan fingerprint density at radius 1 is 0.842 bits per heavy atom. The smallest absolute Gasteiger partial charge is 0.0743 e. The molecule has 2 atom stereocenters. The molecule has 0 aromatic heterocycles. The Balaban J connectivity index is 1.87. The van der Waals surface area contributed by atoms with Gasteiger partial charge in [0.15, 0.2) is 0 Å². The Morgan fingerprint density at radius 2 is 1.53 bits per heavy atom. The molecule has 2 aliphatic rings. The van der Waals surface area contributed by atoms with Gasteiger partial charge in [-0.3, -0.25) is 0 Å². The molecule has 3 rings (SSSR count). The highest BCUT2D eigenvalue weighted by Gasteiger charge is 2.45. The lowest BCUT2D eigenvalue weighted by atomic mass is 9.62. The highest BCUT2D eigenvalue weighted by Crippen LogP contribution is 2.49. The molecule has 0 aliphatic heterocycles. The summed E-state index contributed by atoms with van der Waals surface area (Å²) in [6.07, 6.45) is 11.1. The quantitative estimate of drug-likeness (QED) is 0.818. The summed E-state index contributed by atoms with van der Waals surface area (Å²) < 4.78 is 0. The molecule has 1 aromatic rings. The van der Waals surface area contributed by atoms with Crippen LogP contribution < -0.4 is 0 Å². The van der Waals surface area contributed by atoms with Crippen molar-refractivity contribution in [3.05, 3.63) is 35.9 Å². The van der Waals surface area contributed by atoms with Crippen LogP contribution >= 0.6 is 0 Å². The van der Waals surface area contributed by atoms with Crippen LogP contribution in [-0.2, 0) is 0 Å². The van der Waals surface area contributed by atoms with E-state index in [1.54, 1.807) is 0 Å². The van der Waals surface area contributed by atoms with Gasteiger partial charge < -0.3 is 5.11 Å². The lowest BCUT2D eigenvalue weighted by molar-refractivity contribution is -0.0786. The SMILES string of the molecule is OC1(C2CCCCC2)CCCCC1c1ccccc1. The van der Waals surface area contributed by atoms with E-state index in [2.05, 4.69) is 30.3 Å². The Morgan fingerprint density at radius 3 is 2.26 bits per heavy atom. The standard InChI is InChI=1S/C18H26O/c19-18(16-11-5-2-6-12-16)14-8-7-13-17(18)15-9-3-1-4-10-15/h1,3-4,9-10,16-17,19H,2,5-8,11-14H2. The van der Waals surface area contributed by atoms with Crippen LogP contribution in [0.5, 0.6) is 0 Å². The fourth-order valence-electron chi connectivity index (χ4n) is 4.41. The number of hydrogen-bond donors (Lipinski definition) is 1. The minimum Gasteiger partial charge on any atom is -0.389 e. The molecule has 0 saturated heterocycles. The van der Waals surface area contributed by atoms with E-state index in [1.807, 2.05) is 0 Å². The molecule has 2 unspecified atom stereocenters.